The lowest BCUT2D eigenvalue weighted by Gasteiger charge is -2.40. The maximum atomic E-state index is 15.8. The number of aryl methyl sites for hydroxylation is 1. The number of hydrogen-bond acceptors (Lipinski definition) is 8. The Kier molecular flexibility index (Phi) is 7.62. The van der Waals surface area contributed by atoms with Gasteiger partial charge in [-0.15, -0.1) is 0 Å². The number of halogens is 2. The fourth-order valence-electron chi connectivity index (χ4n) is 5.24. The van der Waals surface area contributed by atoms with Gasteiger partial charge >= 0.3 is 5.69 Å². The van der Waals surface area contributed by atoms with Gasteiger partial charge in [-0.2, -0.15) is 4.98 Å². The Morgan fingerprint density at radius 2 is 1.88 bits per heavy atom. The molecule has 0 aliphatic carbocycles. The van der Waals surface area contributed by atoms with Crippen LogP contribution in [0.4, 0.5) is 14.6 Å². The number of rotatable bonds is 6. The molecule has 218 valence electrons. The van der Waals surface area contributed by atoms with Crippen LogP contribution in [0.15, 0.2) is 65.1 Å². The summed E-state index contributed by atoms with van der Waals surface area (Å²) in [6.45, 7) is 8.00. The van der Waals surface area contributed by atoms with E-state index in [4.69, 9.17) is 0 Å². The summed E-state index contributed by atoms with van der Waals surface area (Å²) in [6, 6.07) is 7.87. The molecule has 1 aliphatic rings. The quantitative estimate of drug-likeness (QED) is 0.312. The zero-order valence-corrected chi connectivity index (χ0v) is 24.0. The summed E-state index contributed by atoms with van der Waals surface area (Å²) in [5, 5.41) is -0.267. The zero-order valence-electron chi connectivity index (χ0n) is 23.2. The van der Waals surface area contributed by atoms with Crippen molar-refractivity contribution in [3.63, 3.8) is 0 Å². The summed E-state index contributed by atoms with van der Waals surface area (Å²) in [5.74, 6) is -1.72. The Balaban J connectivity index is 1.86. The molecule has 0 N–H and O–H groups in total. The summed E-state index contributed by atoms with van der Waals surface area (Å²) in [5.41, 5.74) is -1.07. The second-order valence-corrected chi connectivity index (χ2v) is 11.9. The van der Waals surface area contributed by atoms with E-state index >= 15 is 4.39 Å². The van der Waals surface area contributed by atoms with E-state index in [1.807, 2.05) is 6.92 Å². The van der Waals surface area contributed by atoms with Crippen molar-refractivity contribution in [2.24, 2.45) is 0 Å². The van der Waals surface area contributed by atoms with Gasteiger partial charge in [-0.05, 0) is 49.2 Å². The second-order valence-electron chi connectivity index (χ2n) is 10.0. The highest BCUT2D eigenvalue weighted by atomic mass is 32.2. The summed E-state index contributed by atoms with van der Waals surface area (Å²) in [6.07, 6.45) is 3.85. The lowest BCUT2D eigenvalue weighted by atomic mass is 10.1. The van der Waals surface area contributed by atoms with Gasteiger partial charge in [0.1, 0.15) is 23.1 Å². The average molecular weight is 595 g/mol. The monoisotopic (exact) mass is 594 g/mol. The number of anilines is 1. The molecule has 1 saturated heterocycles. The molecule has 10 nitrogen and oxygen atoms in total. The van der Waals surface area contributed by atoms with Crippen LogP contribution in [0, 0.1) is 11.6 Å². The van der Waals surface area contributed by atoms with Crippen LogP contribution in [-0.4, -0.2) is 70.7 Å². The van der Waals surface area contributed by atoms with Crippen molar-refractivity contribution in [2.75, 3.05) is 30.8 Å². The lowest BCUT2D eigenvalue weighted by Crippen LogP contribution is -2.54. The third-order valence-electron chi connectivity index (χ3n) is 7.25. The molecule has 4 aromatic rings. The van der Waals surface area contributed by atoms with E-state index in [9.17, 15) is 22.4 Å². The van der Waals surface area contributed by atoms with Crippen molar-refractivity contribution >= 4 is 32.6 Å². The molecule has 0 bridgehead atoms. The molecule has 1 aromatic carbocycles. The molecule has 13 heteroatoms. The van der Waals surface area contributed by atoms with Crippen LogP contribution < -0.4 is 10.6 Å². The van der Waals surface area contributed by atoms with Crippen molar-refractivity contribution in [3.05, 3.63) is 82.9 Å². The standard InChI is InChI=1S/C29H28F2N6O4S/c1-5-18-11-12-32-28(42(4,40)41)25(18)37-27-20(15-22(31)24(33-27)19-9-7-8-10-21(19)30)26(34-29(37)39)36-14-13-35(16-17(36)3)23(38)6-2/h6-12,15,17H,2,5,13-14,16H2,1,3-4H3/t17-/m0/s1. The van der Waals surface area contributed by atoms with Crippen LogP contribution in [0.3, 0.4) is 0 Å². The van der Waals surface area contributed by atoms with E-state index < -0.39 is 27.2 Å². The van der Waals surface area contributed by atoms with Gasteiger partial charge in [0.25, 0.3) is 0 Å². The lowest BCUT2D eigenvalue weighted by molar-refractivity contribution is -0.126. The molecule has 0 saturated carbocycles. The van der Waals surface area contributed by atoms with Crippen molar-refractivity contribution < 1.29 is 22.0 Å². The number of nitrogens with zero attached hydrogens (tertiary/aromatic N) is 6. The van der Waals surface area contributed by atoms with Gasteiger partial charge in [-0.1, -0.05) is 25.6 Å². The van der Waals surface area contributed by atoms with Crippen LogP contribution in [0.1, 0.15) is 19.4 Å². The SMILES string of the molecule is C=CC(=O)N1CCN(c2nc(=O)n(-c3c(CC)ccnc3S(C)(=O)=O)c3nc(-c4ccccc4F)c(F)cc23)[C@@H](C)C1. The van der Waals surface area contributed by atoms with E-state index in [0.717, 1.165) is 23.0 Å². The first-order chi connectivity index (χ1) is 20.0. The predicted molar refractivity (Wildman–Crippen MR) is 154 cm³/mol. The molecule has 1 aliphatic heterocycles. The van der Waals surface area contributed by atoms with Crippen LogP contribution >= 0.6 is 0 Å². The van der Waals surface area contributed by atoms with Crippen molar-refractivity contribution in [1.82, 2.24) is 24.4 Å². The van der Waals surface area contributed by atoms with Crippen molar-refractivity contribution in [3.8, 4) is 16.9 Å². The molecule has 0 unspecified atom stereocenters. The Morgan fingerprint density at radius 3 is 2.52 bits per heavy atom. The van der Waals surface area contributed by atoms with E-state index in [0.29, 0.717) is 25.1 Å². The topological polar surface area (TPSA) is 118 Å². The summed E-state index contributed by atoms with van der Waals surface area (Å²) < 4.78 is 57.2. The number of sulfone groups is 1. The van der Waals surface area contributed by atoms with Crippen LogP contribution in [-0.2, 0) is 21.1 Å². The maximum Gasteiger partial charge on any atom is 0.355 e. The third-order valence-corrected chi connectivity index (χ3v) is 8.25. The largest absolute Gasteiger partial charge is 0.355 e. The number of piperazine rings is 1. The predicted octanol–water partition coefficient (Wildman–Crippen LogP) is 3.31. The fourth-order valence-corrected chi connectivity index (χ4v) is 6.06. The molecule has 1 fully saturated rings. The van der Waals surface area contributed by atoms with Crippen molar-refractivity contribution in [2.45, 2.75) is 31.3 Å². The zero-order chi connectivity index (χ0) is 30.3. The Labute approximate surface area is 240 Å². The Bertz CT molecular complexity index is 1910. The number of hydrogen-bond donors (Lipinski definition) is 0. The highest BCUT2D eigenvalue weighted by molar-refractivity contribution is 7.90. The maximum absolute atomic E-state index is 15.8. The molecular weight excluding hydrogens is 566 g/mol. The molecule has 42 heavy (non-hydrogen) atoms. The number of aromatic nitrogens is 4. The van der Waals surface area contributed by atoms with Crippen molar-refractivity contribution in [1.29, 1.82) is 0 Å². The highest BCUT2D eigenvalue weighted by Crippen LogP contribution is 2.33. The van der Waals surface area contributed by atoms with Gasteiger partial charge in [-0.25, -0.2) is 36.5 Å². The number of benzene rings is 1. The summed E-state index contributed by atoms with van der Waals surface area (Å²) >= 11 is 0. The van der Waals surface area contributed by atoms with Crippen LogP contribution in [0.2, 0.25) is 0 Å². The van der Waals surface area contributed by atoms with Gasteiger partial charge < -0.3 is 9.80 Å². The van der Waals surface area contributed by atoms with E-state index in [1.54, 1.807) is 22.8 Å². The number of carbonyl (C=O) groups is 1. The number of fused-ring (bicyclic) bond motifs is 1. The average Bonchev–Trinajstić information content (AvgIpc) is 2.96. The minimum absolute atomic E-state index is 0.0513. The molecule has 1 amide bonds. The smallest absolute Gasteiger partial charge is 0.350 e. The molecule has 0 spiro atoms. The molecular formula is C29H28F2N6O4S. The van der Waals surface area contributed by atoms with E-state index in [2.05, 4.69) is 21.5 Å². The highest BCUT2D eigenvalue weighted by Gasteiger charge is 2.31. The third kappa shape index (κ3) is 5.04. The van der Waals surface area contributed by atoms with Gasteiger partial charge in [-0.3, -0.25) is 4.79 Å². The number of pyridine rings is 2. The van der Waals surface area contributed by atoms with Gasteiger partial charge in [0, 0.05) is 43.7 Å². The van der Waals surface area contributed by atoms with Gasteiger partial charge in [0.05, 0.1) is 11.1 Å². The first kappa shape index (κ1) is 29.0. The first-order valence-corrected chi connectivity index (χ1v) is 15.1. The van der Waals surface area contributed by atoms with E-state index in [1.165, 1.54) is 30.5 Å². The van der Waals surface area contributed by atoms with Gasteiger partial charge in [0.2, 0.25) is 5.91 Å². The molecule has 4 heterocycles. The van der Waals surface area contributed by atoms with Crippen LogP contribution in [0.5, 0.6) is 0 Å². The minimum Gasteiger partial charge on any atom is -0.350 e. The van der Waals surface area contributed by atoms with Gasteiger partial charge in [0.15, 0.2) is 20.5 Å². The number of amides is 1. The summed E-state index contributed by atoms with van der Waals surface area (Å²) in [4.78, 5) is 42.3. The minimum atomic E-state index is -3.95. The Hall–Kier alpha value is -4.52. The fraction of sp³-hybridized carbons (Fsp3) is 0.276. The number of carbonyl (C=O) groups excluding carboxylic acids is 1. The normalized spacial score (nSPS) is 15.7. The second kappa shape index (κ2) is 11.0. The molecule has 1 atom stereocenters. The van der Waals surface area contributed by atoms with E-state index in [-0.39, 0.29) is 57.3 Å². The Morgan fingerprint density at radius 1 is 1.14 bits per heavy atom. The molecule has 3 aromatic heterocycles. The molecule has 5 rings (SSSR count). The molecule has 0 radical (unpaired) electrons. The first-order valence-electron chi connectivity index (χ1n) is 13.2. The summed E-state index contributed by atoms with van der Waals surface area (Å²) in [7, 11) is -3.95. The van der Waals surface area contributed by atoms with Crippen LogP contribution in [0.25, 0.3) is 28.0 Å².